The van der Waals surface area contributed by atoms with Crippen molar-refractivity contribution < 1.29 is 23.8 Å². The van der Waals surface area contributed by atoms with Gasteiger partial charge in [0.25, 0.3) is 5.91 Å². The molecule has 36 heavy (non-hydrogen) atoms. The standard InChI is InChI=1S/C29H27NO6/c1-16-13-21-23(14-17(16)2)36-28-25(27(21)32)26(19-6-8-20(31)9-7-19)30(29(28)33)12-11-18-5-10-22(34-3)24(15-18)35-4/h5-10,13-15,26,31H,11-12H2,1-4H3/t26-/m1/s1. The first-order valence-electron chi connectivity index (χ1n) is 11.7. The van der Waals surface area contributed by atoms with Gasteiger partial charge in [-0.1, -0.05) is 18.2 Å². The predicted molar refractivity (Wildman–Crippen MR) is 136 cm³/mol. The maximum Gasteiger partial charge on any atom is 0.290 e. The molecule has 0 saturated heterocycles. The molecule has 0 bridgehead atoms. The summed E-state index contributed by atoms with van der Waals surface area (Å²) in [6, 6.07) is 15.2. The van der Waals surface area contributed by atoms with E-state index >= 15 is 0 Å². The molecule has 0 aliphatic carbocycles. The first-order chi connectivity index (χ1) is 17.3. The second-order valence-corrected chi connectivity index (χ2v) is 9.04. The number of carbonyl (C=O) groups excluding carboxylic acids is 1. The van der Waals surface area contributed by atoms with E-state index in [-0.39, 0.29) is 22.8 Å². The Hall–Kier alpha value is -4.26. The Bertz CT molecular complexity index is 1540. The molecule has 1 amide bonds. The molecule has 3 aromatic carbocycles. The van der Waals surface area contributed by atoms with E-state index in [1.807, 2.05) is 44.2 Å². The number of hydrogen-bond donors (Lipinski definition) is 1. The summed E-state index contributed by atoms with van der Waals surface area (Å²) in [4.78, 5) is 29.0. The Morgan fingerprint density at radius 1 is 0.917 bits per heavy atom. The van der Waals surface area contributed by atoms with E-state index in [2.05, 4.69) is 0 Å². The number of fused-ring (bicyclic) bond motifs is 2. The van der Waals surface area contributed by atoms with Gasteiger partial charge in [-0.3, -0.25) is 9.59 Å². The molecule has 7 nitrogen and oxygen atoms in total. The van der Waals surface area contributed by atoms with Crippen molar-refractivity contribution in [1.29, 1.82) is 0 Å². The lowest BCUT2D eigenvalue weighted by Gasteiger charge is -2.25. The summed E-state index contributed by atoms with van der Waals surface area (Å²) in [5, 5.41) is 10.3. The Morgan fingerprint density at radius 3 is 2.31 bits per heavy atom. The summed E-state index contributed by atoms with van der Waals surface area (Å²) in [5.41, 5.74) is 4.16. The largest absolute Gasteiger partial charge is 0.508 e. The van der Waals surface area contributed by atoms with Crippen LogP contribution < -0.4 is 14.9 Å². The molecule has 1 aliphatic heterocycles. The van der Waals surface area contributed by atoms with Crippen LogP contribution in [0.4, 0.5) is 0 Å². The van der Waals surface area contributed by atoms with Crippen LogP contribution in [0.5, 0.6) is 17.2 Å². The average Bonchev–Trinajstić information content (AvgIpc) is 3.16. The van der Waals surface area contributed by atoms with Gasteiger partial charge in [0.15, 0.2) is 16.9 Å². The van der Waals surface area contributed by atoms with Gasteiger partial charge in [-0.25, -0.2) is 0 Å². The summed E-state index contributed by atoms with van der Waals surface area (Å²) in [5.74, 6) is 1.08. The lowest BCUT2D eigenvalue weighted by Crippen LogP contribution is -2.31. The molecule has 5 rings (SSSR count). The highest BCUT2D eigenvalue weighted by Gasteiger charge is 2.42. The van der Waals surface area contributed by atoms with E-state index in [1.54, 1.807) is 43.4 Å². The first kappa shape index (κ1) is 23.5. The number of carbonyl (C=O) groups is 1. The van der Waals surface area contributed by atoms with E-state index in [4.69, 9.17) is 13.9 Å². The van der Waals surface area contributed by atoms with Crippen LogP contribution in [0, 0.1) is 13.8 Å². The number of ether oxygens (including phenoxy) is 2. The van der Waals surface area contributed by atoms with Crippen molar-refractivity contribution in [3.63, 3.8) is 0 Å². The van der Waals surface area contributed by atoms with Gasteiger partial charge < -0.3 is 23.9 Å². The normalized spacial score (nSPS) is 14.8. The molecule has 1 aromatic heterocycles. The minimum Gasteiger partial charge on any atom is -0.508 e. The van der Waals surface area contributed by atoms with Crippen molar-refractivity contribution in [2.24, 2.45) is 0 Å². The first-order valence-corrected chi connectivity index (χ1v) is 11.7. The molecule has 2 heterocycles. The second-order valence-electron chi connectivity index (χ2n) is 9.04. The molecular formula is C29H27NO6. The lowest BCUT2D eigenvalue weighted by molar-refractivity contribution is 0.0730. The average molecular weight is 486 g/mol. The van der Waals surface area contributed by atoms with E-state index < -0.39 is 6.04 Å². The van der Waals surface area contributed by atoms with Gasteiger partial charge in [0.2, 0.25) is 5.76 Å². The number of methoxy groups -OCH3 is 2. The highest BCUT2D eigenvalue weighted by molar-refractivity contribution is 5.99. The van der Waals surface area contributed by atoms with Gasteiger partial charge in [0.1, 0.15) is 11.3 Å². The van der Waals surface area contributed by atoms with E-state index in [0.29, 0.717) is 41.0 Å². The molecule has 0 unspecified atom stereocenters. The molecule has 0 saturated carbocycles. The topological polar surface area (TPSA) is 89.2 Å². The third-order valence-corrected chi connectivity index (χ3v) is 6.88. The summed E-state index contributed by atoms with van der Waals surface area (Å²) in [6.07, 6.45) is 0.528. The number of amides is 1. The molecule has 0 spiro atoms. The molecule has 0 fully saturated rings. The lowest BCUT2D eigenvalue weighted by atomic mass is 9.97. The Balaban J connectivity index is 1.60. The quantitative estimate of drug-likeness (QED) is 0.417. The zero-order valence-electron chi connectivity index (χ0n) is 20.6. The third kappa shape index (κ3) is 3.86. The van der Waals surface area contributed by atoms with Gasteiger partial charge in [0, 0.05) is 6.54 Å². The fourth-order valence-corrected chi connectivity index (χ4v) is 4.80. The number of benzene rings is 3. The van der Waals surface area contributed by atoms with Crippen molar-refractivity contribution in [3.05, 3.63) is 98.4 Å². The molecule has 184 valence electrons. The van der Waals surface area contributed by atoms with Gasteiger partial charge in [-0.2, -0.15) is 0 Å². The van der Waals surface area contributed by atoms with Crippen LogP contribution in [0.2, 0.25) is 0 Å². The number of nitrogens with zero attached hydrogens (tertiary/aromatic N) is 1. The van der Waals surface area contributed by atoms with Crippen LogP contribution in [-0.2, 0) is 6.42 Å². The smallest absolute Gasteiger partial charge is 0.290 e. The SMILES string of the molecule is COc1ccc(CCN2C(=O)c3oc4cc(C)c(C)cc4c(=O)c3[C@H]2c2ccc(O)cc2)cc1OC. The molecule has 1 aliphatic rings. The third-order valence-electron chi connectivity index (χ3n) is 6.88. The van der Waals surface area contributed by atoms with Gasteiger partial charge in [-0.05, 0) is 78.9 Å². The number of phenols is 1. The van der Waals surface area contributed by atoms with Gasteiger partial charge >= 0.3 is 0 Å². The summed E-state index contributed by atoms with van der Waals surface area (Å²) in [6.45, 7) is 4.23. The van der Waals surface area contributed by atoms with Crippen molar-refractivity contribution in [2.45, 2.75) is 26.3 Å². The van der Waals surface area contributed by atoms with Crippen LogP contribution in [0.1, 0.15) is 44.4 Å². The van der Waals surface area contributed by atoms with Crippen LogP contribution in [0.3, 0.4) is 0 Å². The maximum atomic E-state index is 13.7. The predicted octanol–water partition coefficient (Wildman–Crippen LogP) is 4.92. The number of hydrogen-bond acceptors (Lipinski definition) is 6. The second kappa shape index (κ2) is 9.07. The maximum absolute atomic E-state index is 13.7. The Morgan fingerprint density at radius 2 is 1.61 bits per heavy atom. The molecule has 4 aromatic rings. The minimum absolute atomic E-state index is 0.0705. The van der Waals surface area contributed by atoms with Crippen molar-refractivity contribution in [2.75, 3.05) is 20.8 Å². The number of aryl methyl sites for hydroxylation is 2. The molecule has 1 atom stereocenters. The van der Waals surface area contributed by atoms with Crippen molar-refractivity contribution in [3.8, 4) is 17.2 Å². The van der Waals surface area contributed by atoms with Crippen molar-refractivity contribution >= 4 is 16.9 Å². The minimum atomic E-state index is -0.629. The van der Waals surface area contributed by atoms with Gasteiger partial charge in [-0.15, -0.1) is 0 Å². The summed E-state index contributed by atoms with van der Waals surface area (Å²) in [7, 11) is 3.16. The molecule has 7 heteroatoms. The highest BCUT2D eigenvalue weighted by Crippen LogP contribution is 2.39. The molecule has 1 N–H and O–H groups in total. The highest BCUT2D eigenvalue weighted by atomic mass is 16.5. The van der Waals surface area contributed by atoms with Crippen molar-refractivity contribution in [1.82, 2.24) is 4.90 Å². The number of aromatic hydroxyl groups is 1. The van der Waals surface area contributed by atoms with E-state index in [9.17, 15) is 14.7 Å². The zero-order chi connectivity index (χ0) is 25.6. The monoisotopic (exact) mass is 485 g/mol. The fourth-order valence-electron chi connectivity index (χ4n) is 4.80. The fraction of sp³-hybridized carbons (Fsp3) is 0.241. The number of phenolic OH excluding ortho intramolecular Hbond substituents is 1. The number of rotatable bonds is 6. The summed E-state index contributed by atoms with van der Waals surface area (Å²) >= 11 is 0. The van der Waals surface area contributed by atoms with Crippen LogP contribution >= 0.6 is 0 Å². The van der Waals surface area contributed by atoms with E-state index in [0.717, 1.165) is 22.3 Å². The van der Waals surface area contributed by atoms with Gasteiger partial charge in [0.05, 0.1) is 31.2 Å². The molecular weight excluding hydrogens is 458 g/mol. The zero-order valence-corrected chi connectivity index (χ0v) is 20.6. The summed E-state index contributed by atoms with van der Waals surface area (Å²) < 4.78 is 16.8. The Kier molecular flexibility index (Phi) is 5.92. The van der Waals surface area contributed by atoms with Crippen LogP contribution in [-0.4, -0.2) is 36.7 Å². The van der Waals surface area contributed by atoms with Crippen LogP contribution in [0.15, 0.2) is 63.8 Å². The molecule has 0 radical (unpaired) electrons. The Labute approximate surface area is 208 Å². The van der Waals surface area contributed by atoms with Crippen LogP contribution in [0.25, 0.3) is 11.0 Å². The van der Waals surface area contributed by atoms with E-state index in [1.165, 1.54) is 0 Å².